The summed E-state index contributed by atoms with van der Waals surface area (Å²) >= 11 is 0. The molecule has 1 saturated heterocycles. The Hall–Kier alpha value is -3.51. The number of hydrogen-bond acceptors (Lipinski definition) is 4. The number of imidazole rings is 1. The molecule has 0 radical (unpaired) electrons. The highest BCUT2D eigenvalue weighted by molar-refractivity contribution is 6.07. The van der Waals surface area contributed by atoms with Crippen LogP contribution in [-0.4, -0.2) is 38.3 Å². The molecule has 0 bridgehead atoms. The fourth-order valence-electron chi connectivity index (χ4n) is 4.78. The lowest BCUT2D eigenvalue weighted by atomic mass is 9.93. The van der Waals surface area contributed by atoms with Crippen molar-refractivity contribution in [1.82, 2.24) is 19.3 Å². The van der Waals surface area contributed by atoms with Crippen LogP contribution < -0.4 is 5.32 Å². The minimum absolute atomic E-state index is 0.230. The molecule has 1 fully saturated rings. The summed E-state index contributed by atoms with van der Waals surface area (Å²) in [5.41, 5.74) is 6.50. The van der Waals surface area contributed by atoms with Crippen LogP contribution in [0.25, 0.3) is 5.65 Å². The summed E-state index contributed by atoms with van der Waals surface area (Å²) in [6.07, 6.45) is 5.70. The van der Waals surface area contributed by atoms with E-state index < -0.39 is 0 Å². The number of anilines is 1. The third-order valence-corrected chi connectivity index (χ3v) is 6.56. The predicted octanol–water partition coefficient (Wildman–Crippen LogP) is 4.98. The van der Waals surface area contributed by atoms with Gasteiger partial charge in [0.25, 0.3) is 5.91 Å². The normalized spacial score (nSPS) is 15.1. The standard InChI is InChI=1S/C27H29N5O/c1-19-8-9-23(20(2)16-19)30-27(33)25-26-28-13-10-24(32(26)18-29-25)22-11-14-31(15-12-22)17-21-6-4-3-5-7-21/h3-10,13,16,18,22H,11-12,14-15,17H2,1-2H3,(H,30,33). The molecule has 2 aromatic heterocycles. The zero-order valence-electron chi connectivity index (χ0n) is 19.2. The average molecular weight is 440 g/mol. The van der Waals surface area contributed by atoms with Crippen molar-refractivity contribution >= 4 is 17.2 Å². The van der Waals surface area contributed by atoms with E-state index in [1.165, 1.54) is 16.8 Å². The molecule has 1 aliphatic rings. The number of amides is 1. The van der Waals surface area contributed by atoms with Crippen molar-refractivity contribution in [3.63, 3.8) is 0 Å². The number of fused-ring (bicyclic) bond motifs is 1. The van der Waals surface area contributed by atoms with Gasteiger partial charge in [-0.2, -0.15) is 0 Å². The number of rotatable bonds is 5. The van der Waals surface area contributed by atoms with Crippen molar-refractivity contribution in [2.75, 3.05) is 18.4 Å². The third kappa shape index (κ3) is 4.52. The molecule has 6 heteroatoms. The molecule has 4 aromatic rings. The van der Waals surface area contributed by atoms with E-state index in [2.05, 4.69) is 62.6 Å². The predicted molar refractivity (Wildman–Crippen MR) is 131 cm³/mol. The molecule has 168 valence electrons. The van der Waals surface area contributed by atoms with Gasteiger partial charge < -0.3 is 5.32 Å². The van der Waals surface area contributed by atoms with Crippen LogP contribution in [0.15, 0.2) is 67.1 Å². The zero-order chi connectivity index (χ0) is 22.8. The van der Waals surface area contributed by atoms with Gasteiger partial charge in [0, 0.05) is 30.0 Å². The van der Waals surface area contributed by atoms with Crippen LogP contribution in [0, 0.1) is 13.8 Å². The van der Waals surface area contributed by atoms with E-state index in [-0.39, 0.29) is 5.91 Å². The maximum atomic E-state index is 13.0. The number of hydrogen-bond donors (Lipinski definition) is 1. The van der Waals surface area contributed by atoms with E-state index in [1.54, 1.807) is 12.5 Å². The molecule has 1 N–H and O–H groups in total. The first-order valence-corrected chi connectivity index (χ1v) is 11.6. The molecule has 0 atom stereocenters. The fourth-order valence-corrected chi connectivity index (χ4v) is 4.78. The molecule has 33 heavy (non-hydrogen) atoms. The highest BCUT2D eigenvalue weighted by Gasteiger charge is 2.24. The third-order valence-electron chi connectivity index (χ3n) is 6.56. The van der Waals surface area contributed by atoms with Gasteiger partial charge in [0.2, 0.25) is 0 Å². The van der Waals surface area contributed by atoms with Crippen molar-refractivity contribution in [1.29, 1.82) is 0 Å². The first-order valence-electron chi connectivity index (χ1n) is 11.6. The smallest absolute Gasteiger partial charge is 0.278 e. The van der Waals surface area contributed by atoms with Crippen LogP contribution >= 0.6 is 0 Å². The Morgan fingerprint density at radius 3 is 2.58 bits per heavy atom. The number of nitrogens with one attached hydrogen (secondary N) is 1. The van der Waals surface area contributed by atoms with E-state index in [4.69, 9.17) is 0 Å². The van der Waals surface area contributed by atoms with Crippen molar-refractivity contribution in [3.05, 3.63) is 95.2 Å². The van der Waals surface area contributed by atoms with Gasteiger partial charge >= 0.3 is 0 Å². The van der Waals surface area contributed by atoms with Gasteiger partial charge in [-0.3, -0.25) is 14.1 Å². The number of carbonyl (C=O) groups is 1. The lowest BCUT2D eigenvalue weighted by molar-refractivity contribution is 0.102. The van der Waals surface area contributed by atoms with Crippen LogP contribution in [0.4, 0.5) is 5.69 Å². The summed E-state index contributed by atoms with van der Waals surface area (Å²) in [5.74, 6) is 0.193. The monoisotopic (exact) mass is 439 g/mol. The van der Waals surface area contributed by atoms with Gasteiger partial charge in [0.05, 0.1) is 0 Å². The zero-order valence-corrected chi connectivity index (χ0v) is 19.2. The van der Waals surface area contributed by atoms with Crippen molar-refractivity contribution < 1.29 is 4.79 Å². The molecule has 6 nitrogen and oxygen atoms in total. The molecular formula is C27H29N5O. The summed E-state index contributed by atoms with van der Waals surface area (Å²) in [4.78, 5) is 24.5. The number of aryl methyl sites for hydroxylation is 2. The number of carbonyl (C=O) groups excluding carboxylic acids is 1. The quantitative estimate of drug-likeness (QED) is 0.476. The SMILES string of the molecule is Cc1ccc(NC(=O)c2ncn3c(C4CCN(Cc5ccccc5)CC4)ccnc23)c(C)c1. The largest absolute Gasteiger partial charge is 0.320 e. The number of nitrogens with zero attached hydrogens (tertiary/aromatic N) is 4. The first-order chi connectivity index (χ1) is 16.1. The van der Waals surface area contributed by atoms with E-state index in [9.17, 15) is 4.79 Å². The number of piperidine rings is 1. The molecular weight excluding hydrogens is 410 g/mol. The van der Waals surface area contributed by atoms with E-state index in [0.29, 0.717) is 17.3 Å². The second-order valence-electron chi connectivity index (χ2n) is 8.97. The summed E-state index contributed by atoms with van der Waals surface area (Å²) in [6.45, 7) is 7.14. The molecule has 3 heterocycles. The Labute approximate surface area is 194 Å². The van der Waals surface area contributed by atoms with E-state index in [0.717, 1.165) is 43.7 Å². The van der Waals surface area contributed by atoms with Crippen molar-refractivity contribution in [2.24, 2.45) is 0 Å². The topological polar surface area (TPSA) is 62.5 Å². The first kappa shape index (κ1) is 21.3. The number of aromatic nitrogens is 3. The molecule has 1 amide bonds. The Balaban J connectivity index is 1.31. The minimum atomic E-state index is -0.230. The van der Waals surface area contributed by atoms with Crippen LogP contribution in [0.3, 0.4) is 0 Å². The molecule has 0 unspecified atom stereocenters. The van der Waals surface area contributed by atoms with Crippen molar-refractivity contribution in [3.8, 4) is 0 Å². The summed E-state index contributed by atoms with van der Waals surface area (Å²) in [6, 6.07) is 18.7. The lowest BCUT2D eigenvalue weighted by Gasteiger charge is -2.32. The Morgan fingerprint density at radius 1 is 1.03 bits per heavy atom. The van der Waals surface area contributed by atoms with Crippen LogP contribution in [0.1, 0.15) is 51.6 Å². The molecule has 0 aliphatic carbocycles. The molecule has 2 aromatic carbocycles. The minimum Gasteiger partial charge on any atom is -0.320 e. The summed E-state index contributed by atoms with van der Waals surface area (Å²) in [5, 5.41) is 3.00. The molecule has 5 rings (SSSR count). The van der Waals surface area contributed by atoms with E-state index >= 15 is 0 Å². The highest BCUT2D eigenvalue weighted by Crippen LogP contribution is 2.29. The molecule has 0 saturated carbocycles. The van der Waals surface area contributed by atoms with Gasteiger partial charge in [-0.1, -0.05) is 48.0 Å². The highest BCUT2D eigenvalue weighted by atomic mass is 16.1. The van der Waals surface area contributed by atoms with Crippen LogP contribution in [-0.2, 0) is 6.54 Å². The number of benzene rings is 2. The second kappa shape index (κ2) is 9.16. The van der Waals surface area contributed by atoms with Gasteiger partial charge in [-0.15, -0.1) is 0 Å². The summed E-state index contributed by atoms with van der Waals surface area (Å²) < 4.78 is 1.99. The molecule has 1 aliphatic heterocycles. The van der Waals surface area contributed by atoms with Gasteiger partial charge in [-0.25, -0.2) is 9.97 Å². The molecule has 0 spiro atoms. The maximum Gasteiger partial charge on any atom is 0.278 e. The Morgan fingerprint density at radius 2 is 1.82 bits per heavy atom. The van der Waals surface area contributed by atoms with Gasteiger partial charge in [-0.05, 0) is 63.0 Å². The lowest BCUT2D eigenvalue weighted by Crippen LogP contribution is -2.33. The van der Waals surface area contributed by atoms with Gasteiger partial charge in [0.15, 0.2) is 11.3 Å². The maximum absolute atomic E-state index is 13.0. The van der Waals surface area contributed by atoms with Gasteiger partial charge in [0.1, 0.15) is 6.33 Å². The second-order valence-corrected chi connectivity index (χ2v) is 8.97. The van der Waals surface area contributed by atoms with Crippen LogP contribution in [0.5, 0.6) is 0 Å². The fraction of sp³-hybridized carbons (Fsp3) is 0.296. The van der Waals surface area contributed by atoms with Crippen molar-refractivity contribution in [2.45, 2.75) is 39.2 Å². The summed E-state index contributed by atoms with van der Waals surface area (Å²) in [7, 11) is 0. The van der Waals surface area contributed by atoms with E-state index in [1.807, 2.05) is 30.4 Å². The number of likely N-dealkylation sites (tertiary alicyclic amines) is 1. The average Bonchev–Trinajstić information content (AvgIpc) is 3.27. The Kier molecular flexibility index (Phi) is 5.92. The Bertz CT molecular complexity index is 1270. The van der Waals surface area contributed by atoms with Crippen LogP contribution in [0.2, 0.25) is 0 Å².